The van der Waals surface area contributed by atoms with Crippen LogP contribution in [-0.4, -0.2) is 49.5 Å². The van der Waals surface area contributed by atoms with E-state index in [0.29, 0.717) is 5.82 Å². The number of benzene rings is 1. The van der Waals surface area contributed by atoms with Gasteiger partial charge in [0.1, 0.15) is 24.1 Å². The minimum absolute atomic E-state index is 0.0540. The standard InChI is InChI=1S/C16H16N5O5PS/c17-16-19-13-9(14(23)20-16)18-12(7-4-2-1-3-5-7)21(13)15-10(22)11-8(25-15)6-24-27(28)26-11/h1-5,8,10-11,15,22,28H,6H2,(H3,17,19,20,23)/t8?,10?,11?,15-,27?/m1/s1. The molecule has 5 rings (SSSR count). The molecule has 1 aromatic carbocycles. The molecule has 0 bridgehead atoms. The van der Waals surface area contributed by atoms with Crippen LogP contribution in [0, 0.1) is 0 Å². The van der Waals surface area contributed by atoms with Crippen molar-refractivity contribution in [2.45, 2.75) is 24.5 Å². The molecule has 4 N–H and O–H groups in total. The number of aromatic amines is 1. The van der Waals surface area contributed by atoms with Crippen molar-refractivity contribution in [3.8, 4) is 11.4 Å². The van der Waals surface area contributed by atoms with Gasteiger partial charge in [0, 0.05) is 5.56 Å². The molecule has 4 heterocycles. The normalized spacial score (nSPS) is 29.9. The molecule has 2 fully saturated rings. The second kappa shape index (κ2) is 6.80. The van der Waals surface area contributed by atoms with Crippen LogP contribution in [0.1, 0.15) is 6.23 Å². The predicted molar refractivity (Wildman–Crippen MR) is 105 cm³/mol. The van der Waals surface area contributed by atoms with E-state index >= 15 is 0 Å². The topological polar surface area (TPSA) is 138 Å². The molecule has 0 amide bonds. The molecule has 10 nitrogen and oxygen atoms in total. The molecular formula is C16H16N5O5PS. The Balaban J connectivity index is 1.71. The van der Waals surface area contributed by atoms with Gasteiger partial charge in [-0.15, -0.1) is 0 Å². The molecule has 2 aliphatic heterocycles. The zero-order valence-corrected chi connectivity index (χ0v) is 16.1. The first-order valence-electron chi connectivity index (χ1n) is 8.48. The Hall–Kier alpha value is -2.01. The average Bonchev–Trinajstić information content (AvgIpc) is 3.21. The summed E-state index contributed by atoms with van der Waals surface area (Å²) >= 11 is 4.21. The molecule has 4 unspecified atom stereocenters. The number of hydrogen-bond acceptors (Lipinski definition) is 9. The van der Waals surface area contributed by atoms with Crippen molar-refractivity contribution in [2.75, 3.05) is 12.3 Å². The zero-order chi connectivity index (χ0) is 19.4. The van der Waals surface area contributed by atoms with Crippen LogP contribution in [0.4, 0.5) is 5.95 Å². The Bertz CT molecular complexity index is 1090. The van der Waals surface area contributed by atoms with Gasteiger partial charge in [-0.2, -0.15) is 4.98 Å². The molecule has 3 aromatic rings. The minimum atomic E-state index is -1.38. The van der Waals surface area contributed by atoms with Crippen LogP contribution in [0.2, 0.25) is 0 Å². The van der Waals surface area contributed by atoms with E-state index in [4.69, 9.17) is 19.5 Å². The number of nitrogens with two attached hydrogens (primary N) is 1. The average molecular weight is 421 g/mol. The number of aliphatic hydroxyl groups is 1. The third kappa shape index (κ3) is 2.83. The van der Waals surface area contributed by atoms with Crippen molar-refractivity contribution < 1.29 is 18.9 Å². The fourth-order valence-electron chi connectivity index (χ4n) is 3.50. The van der Waals surface area contributed by atoms with Crippen LogP contribution in [0.3, 0.4) is 0 Å². The molecule has 0 saturated carbocycles. The maximum atomic E-state index is 12.4. The third-order valence-electron chi connectivity index (χ3n) is 4.73. The van der Waals surface area contributed by atoms with Gasteiger partial charge in [-0.05, 0) is 0 Å². The Morgan fingerprint density at radius 2 is 2.11 bits per heavy atom. The van der Waals surface area contributed by atoms with Gasteiger partial charge in [0.05, 0.1) is 6.61 Å². The van der Waals surface area contributed by atoms with Gasteiger partial charge in [0.25, 0.3) is 5.56 Å². The lowest BCUT2D eigenvalue weighted by molar-refractivity contribution is -0.0518. The van der Waals surface area contributed by atoms with E-state index < -0.39 is 37.7 Å². The highest BCUT2D eigenvalue weighted by Gasteiger charge is 2.50. The van der Waals surface area contributed by atoms with Crippen LogP contribution in [0.25, 0.3) is 22.6 Å². The molecule has 0 aliphatic carbocycles. The lowest BCUT2D eigenvalue weighted by Crippen LogP contribution is -2.37. The lowest BCUT2D eigenvalue weighted by atomic mass is 10.1. The number of nitrogens with zero attached hydrogens (tertiary/aromatic N) is 3. The Morgan fingerprint density at radius 3 is 2.89 bits per heavy atom. The van der Waals surface area contributed by atoms with Gasteiger partial charge in [-0.3, -0.25) is 14.3 Å². The highest BCUT2D eigenvalue weighted by molar-refractivity contribution is 8.41. The summed E-state index contributed by atoms with van der Waals surface area (Å²) in [7, 11) is -1.38. The number of fused-ring (bicyclic) bond motifs is 2. The summed E-state index contributed by atoms with van der Waals surface area (Å²) < 4.78 is 18.7. The number of nitrogen functional groups attached to an aromatic ring is 1. The predicted octanol–water partition coefficient (Wildman–Crippen LogP) is 1.20. The largest absolute Gasteiger partial charge is 0.386 e. The SMILES string of the molecule is Nc1nc2c(nc(-c3ccccc3)n2[C@@H]2OC3COP(S)OC3C2O)c(=O)[nH]1. The summed E-state index contributed by atoms with van der Waals surface area (Å²) in [5.41, 5.74) is 6.33. The Kier molecular flexibility index (Phi) is 4.38. The number of imidazole rings is 1. The molecule has 0 spiro atoms. The quantitative estimate of drug-likeness (QED) is 0.358. The molecule has 0 radical (unpaired) electrons. The summed E-state index contributed by atoms with van der Waals surface area (Å²) in [6.45, 7) is 0.247. The smallest absolute Gasteiger partial charge is 0.280 e. The first-order valence-corrected chi connectivity index (χ1v) is 10.8. The Morgan fingerprint density at radius 1 is 1.32 bits per heavy atom. The van der Waals surface area contributed by atoms with Gasteiger partial charge in [-0.25, -0.2) is 4.98 Å². The third-order valence-corrected chi connectivity index (χ3v) is 6.15. The van der Waals surface area contributed by atoms with Crippen LogP contribution >= 0.6 is 19.8 Å². The summed E-state index contributed by atoms with van der Waals surface area (Å²) in [5.74, 6) is 0.373. The number of ether oxygens (including phenoxy) is 1. The molecule has 28 heavy (non-hydrogen) atoms. The Labute approximate surface area is 164 Å². The highest BCUT2D eigenvalue weighted by Crippen LogP contribution is 2.52. The molecule has 146 valence electrons. The monoisotopic (exact) mass is 421 g/mol. The van der Waals surface area contributed by atoms with Crippen LogP contribution in [0.5, 0.6) is 0 Å². The van der Waals surface area contributed by atoms with Crippen LogP contribution in [0.15, 0.2) is 35.1 Å². The van der Waals surface area contributed by atoms with E-state index in [1.165, 1.54) is 0 Å². The van der Waals surface area contributed by atoms with E-state index in [2.05, 4.69) is 27.2 Å². The number of thiol groups is 1. The summed E-state index contributed by atoms with van der Waals surface area (Å²) in [4.78, 5) is 23.5. The van der Waals surface area contributed by atoms with Crippen LogP contribution < -0.4 is 11.3 Å². The van der Waals surface area contributed by atoms with E-state index in [0.717, 1.165) is 5.56 Å². The minimum Gasteiger partial charge on any atom is -0.386 e. The van der Waals surface area contributed by atoms with Gasteiger partial charge in [0.2, 0.25) is 13.5 Å². The van der Waals surface area contributed by atoms with E-state index in [1.54, 1.807) is 4.57 Å². The van der Waals surface area contributed by atoms with E-state index in [-0.39, 0.29) is 23.7 Å². The molecular weight excluding hydrogens is 405 g/mol. The van der Waals surface area contributed by atoms with Gasteiger partial charge in [0.15, 0.2) is 17.4 Å². The highest BCUT2D eigenvalue weighted by atomic mass is 32.7. The molecule has 12 heteroatoms. The lowest BCUT2D eigenvalue weighted by Gasteiger charge is -2.28. The number of nitrogens with one attached hydrogen (secondary N) is 1. The first kappa shape index (κ1) is 18.0. The number of hydrogen-bond donors (Lipinski definition) is 4. The van der Waals surface area contributed by atoms with Crippen molar-refractivity contribution in [2.24, 2.45) is 0 Å². The molecule has 2 aromatic heterocycles. The second-order valence-corrected chi connectivity index (χ2v) is 8.38. The fourth-order valence-corrected chi connectivity index (χ4v) is 4.83. The maximum Gasteiger partial charge on any atom is 0.280 e. The first-order chi connectivity index (χ1) is 13.5. The van der Waals surface area contributed by atoms with Gasteiger partial charge >= 0.3 is 0 Å². The van der Waals surface area contributed by atoms with Crippen molar-refractivity contribution in [1.82, 2.24) is 19.5 Å². The van der Waals surface area contributed by atoms with Gasteiger partial charge in [-0.1, -0.05) is 42.6 Å². The van der Waals surface area contributed by atoms with E-state index in [9.17, 15) is 9.90 Å². The zero-order valence-electron chi connectivity index (χ0n) is 14.3. The maximum absolute atomic E-state index is 12.4. The summed E-state index contributed by atoms with van der Waals surface area (Å²) in [5, 5.41) is 10.9. The van der Waals surface area contributed by atoms with Gasteiger partial charge < -0.3 is 24.6 Å². The van der Waals surface area contributed by atoms with E-state index in [1.807, 2.05) is 30.3 Å². The number of aliphatic hydroxyl groups excluding tert-OH is 1. The fraction of sp³-hybridized carbons (Fsp3) is 0.312. The van der Waals surface area contributed by atoms with Crippen molar-refractivity contribution in [3.05, 3.63) is 40.7 Å². The number of H-pyrrole nitrogens is 1. The number of rotatable bonds is 2. The number of aromatic nitrogens is 4. The molecule has 2 saturated heterocycles. The number of anilines is 1. The van der Waals surface area contributed by atoms with Crippen molar-refractivity contribution >= 4 is 36.9 Å². The summed E-state index contributed by atoms with van der Waals surface area (Å²) in [6.07, 6.45) is -3.01. The van der Waals surface area contributed by atoms with Crippen LogP contribution in [-0.2, 0) is 13.8 Å². The summed E-state index contributed by atoms with van der Waals surface area (Å²) in [6, 6.07) is 9.26. The van der Waals surface area contributed by atoms with Crippen molar-refractivity contribution in [1.29, 1.82) is 0 Å². The molecule has 2 aliphatic rings. The second-order valence-electron chi connectivity index (χ2n) is 6.45. The van der Waals surface area contributed by atoms with Crippen molar-refractivity contribution in [3.63, 3.8) is 0 Å². The molecule has 5 atom stereocenters.